The summed E-state index contributed by atoms with van der Waals surface area (Å²) in [5.41, 5.74) is 7.24. The van der Waals surface area contributed by atoms with Crippen molar-refractivity contribution in [1.29, 1.82) is 5.26 Å². The number of carbonyl (C=O) groups is 1. The van der Waals surface area contributed by atoms with Crippen LogP contribution in [0.1, 0.15) is 36.8 Å². The first-order chi connectivity index (χ1) is 16.7. The van der Waals surface area contributed by atoms with Gasteiger partial charge in [0, 0.05) is 32.1 Å². The van der Waals surface area contributed by atoms with Gasteiger partial charge in [0.1, 0.15) is 6.07 Å². The minimum Gasteiger partial charge on any atom is -0.334 e. The van der Waals surface area contributed by atoms with E-state index in [1.54, 1.807) is 6.21 Å². The van der Waals surface area contributed by atoms with Crippen molar-refractivity contribution in [1.82, 2.24) is 4.90 Å². The van der Waals surface area contributed by atoms with E-state index in [0.29, 0.717) is 19.5 Å². The second-order valence-electron chi connectivity index (χ2n) is 8.80. The molecule has 2 aliphatic heterocycles. The summed E-state index contributed by atoms with van der Waals surface area (Å²) >= 11 is 0. The molecule has 1 atom stereocenters. The van der Waals surface area contributed by atoms with Crippen LogP contribution in [-0.4, -0.2) is 28.9 Å². The van der Waals surface area contributed by atoms with Crippen LogP contribution < -0.4 is 0 Å². The van der Waals surface area contributed by atoms with Crippen LogP contribution in [0, 0.1) is 11.3 Å². The van der Waals surface area contributed by atoms with Crippen molar-refractivity contribution in [3.8, 4) is 28.3 Å². The average molecular weight is 447 g/mol. The summed E-state index contributed by atoms with van der Waals surface area (Å²) in [5, 5.41) is 8.96. The van der Waals surface area contributed by atoms with Crippen LogP contribution >= 0.6 is 0 Å². The Morgan fingerprint density at radius 1 is 0.941 bits per heavy atom. The topological polar surface area (TPSA) is 68.8 Å². The van der Waals surface area contributed by atoms with Crippen molar-refractivity contribution in [2.24, 2.45) is 9.98 Å². The molecule has 0 radical (unpaired) electrons. The number of fused-ring (bicyclic) bond motifs is 1. The average Bonchev–Trinajstić information content (AvgIpc) is 3.33. The molecule has 5 nitrogen and oxygen atoms in total. The van der Waals surface area contributed by atoms with Gasteiger partial charge in [0.2, 0.25) is 11.7 Å². The van der Waals surface area contributed by atoms with Gasteiger partial charge in [-0.2, -0.15) is 5.26 Å². The predicted molar refractivity (Wildman–Crippen MR) is 135 cm³/mol. The van der Waals surface area contributed by atoms with Crippen molar-refractivity contribution < 1.29 is 4.79 Å². The molecule has 0 N–H and O–H groups in total. The number of amides is 1. The Labute approximate surface area is 200 Å². The van der Waals surface area contributed by atoms with E-state index in [9.17, 15) is 4.79 Å². The molecule has 3 aromatic carbocycles. The van der Waals surface area contributed by atoms with Gasteiger partial charge in [-0.25, -0.2) is 4.99 Å². The van der Waals surface area contributed by atoms with E-state index in [2.05, 4.69) is 76.7 Å². The number of amidine groups is 1. The molecule has 5 rings (SSSR count). The van der Waals surface area contributed by atoms with Crippen molar-refractivity contribution in [2.75, 3.05) is 0 Å². The molecular formula is C29H26N4O. The van der Waals surface area contributed by atoms with Crippen molar-refractivity contribution in [3.63, 3.8) is 0 Å². The van der Waals surface area contributed by atoms with E-state index in [0.717, 1.165) is 19.3 Å². The second-order valence-corrected chi connectivity index (χ2v) is 8.80. The molecule has 5 heteroatoms. The first-order valence-corrected chi connectivity index (χ1v) is 11.8. The zero-order chi connectivity index (χ0) is 23.3. The molecule has 0 fully saturated rings. The van der Waals surface area contributed by atoms with Crippen molar-refractivity contribution in [3.05, 3.63) is 83.9 Å². The Hall–Kier alpha value is -4.04. The smallest absolute Gasteiger partial charge is 0.227 e. The number of aliphatic imine (C=N–C) groups is 2. The van der Waals surface area contributed by atoms with Gasteiger partial charge in [-0.1, -0.05) is 66.7 Å². The van der Waals surface area contributed by atoms with Crippen molar-refractivity contribution >= 4 is 18.0 Å². The highest BCUT2D eigenvalue weighted by Crippen LogP contribution is 2.35. The summed E-state index contributed by atoms with van der Waals surface area (Å²) in [5.74, 6) is 0.415. The van der Waals surface area contributed by atoms with Gasteiger partial charge in [-0.05, 0) is 52.3 Å². The first kappa shape index (κ1) is 21.8. The maximum absolute atomic E-state index is 12.9. The highest BCUT2D eigenvalue weighted by atomic mass is 16.2. The zero-order valence-electron chi connectivity index (χ0n) is 19.0. The molecule has 0 saturated carbocycles. The Morgan fingerprint density at radius 3 is 2.47 bits per heavy atom. The predicted octanol–water partition coefficient (Wildman–Crippen LogP) is 5.80. The molecule has 0 spiro atoms. The SMILES string of the molecule is N#CC1=NC(CCCC(=O)N2Cc3ccc(-c4ccccc4-c4ccccc4)cc3C2)CC=N1. The fraction of sp³-hybridized carbons (Fsp3) is 0.241. The van der Waals surface area contributed by atoms with E-state index in [1.807, 2.05) is 17.0 Å². The van der Waals surface area contributed by atoms with Gasteiger partial charge in [-0.3, -0.25) is 9.79 Å². The minimum absolute atomic E-state index is 0.0583. The molecule has 2 heterocycles. The normalized spacial score (nSPS) is 16.6. The monoisotopic (exact) mass is 446 g/mol. The fourth-order valence-electron chi connectivity index (χ4n) is 4.75. The lowest BCUT2D eigenvalue weighted by atomic mass is 9.93. The lowest BCUT2D eigenvalue weighted by molar-refractivity contribution is -0.131. The van der Waals surface area contributed by atoms with Gasteiger partial charge in [0.15, 0.2) is 0 Å². The van der Waals surface area contributed by atoms with E-state index in [1.165, 1.54) is 33.4 Å². The molecule has 0 aliphatic carbocycles. The summed E-state index contributed by atoms with van der Waals surface area (Å²) in [7, 11) is 0. The van der Waals surface area contributed by atoms with Gasteiger partial charge in [0.25, 0.3) is 0 Å². The summed E-state index contributed by atoms with van der Waals surface area (Å²) in [6, 6.07) is 27.5. The maximum Gasteiger partial charge on any atom is 0.227 e. The summed E-state index contributed by atoms with van der Waals surface area (Å²) in [6.45, 7) is 1.32. The highest BCUT2D eigenvalue weighted by Gasteiger charge is 2.24. The number of nitriles is 1. The third-order valence-corrected chi connectivity index (χ3v) is 6.53. The number of carbonyl (C=O) groups excluding carboxylic acids is 1. The molecular weight excluding hydrogens is 420 g/mol. The number of nitrogens with zero attached hydrogens (tertiary/aromatic N) is 4. The number of benzene rings is 3. The molecule has 0 bridgehead atoms. The molecule has 2 aliphatic rings. The lowest BCUT2D eigenvalue weighted by Gasteiger charge is -2.17. The highest BCUT2D eigenvalue weighted by molar-refractivity contribution is 6.02. The Balaban J connectivity index is 1.24. The van der Waals surface area contributed by atoms with Gasteiger partial charge in [0.05, 0.1) is 6.04 Å². The van der Waals surface area contributed by atoms with Gasteiger partial charge < -0.3 is 4.90 Å². The van der Waals surface area contributed by atoms with Crippen LogP contribution in [0.4, 0.5) is 0 Å². The number of hydrogen-bond donors (Lipinski definition) is 0. The quantitative estimate of drug-likeness (QED) is 0.480. The molecule has 3 aromatic rings. The van der Waals surface area contributed by atoms with Crippen molar-refractivity contribution in [2.45, 2.75) is 44.8 Å². The van der Waals surface area contributed by atoms with E-state index >= 15 is 0 Å². The Morgan fingerprint density at radius 2 is 1.68 bits per heavy atom. The molecule has 0 saturated heterocycles. The van der Waals surface area contributed by atoms with E-state index in [-0.39, 0.29) is 17.8 Å². The molecule has 1 amide bonds. The van der Waals surface area contributed by atoms with E-state index < -0.39 is 0 Å². The van der Waals surface area contributed by atoms with Crippen LogP contribution in [0.2, 0.25) is 0 Å². The summed E-state index contributed by atoms with van der Waals surface area (Å²) < 4.78 is 0. The van der Waals surface area contributed by atoms with Crippen LogP contribution in [0.25, 0.3) is 22.3 Å². The van der Waals surface area contributed by atoms with Gasteiger partial charge >= 0.3 is 0 Å². The molecule has 0 aromatic heterocycles. The zero-order valence-corrected chi connectivity index (χ0v) is 19.0. The first-order valence-electron chi connectivity index (χ1n) is 11.8. The molecule has 1 unspecified atom stereocenters. The van der Waals surface area contributed by atoms with Crippen LogP contribution in [0.15, 0.2) is 82.8 Å². The third kappa shape index (κ3) is 4.67. The van der Waals surface area contributed by atoms with E-state index in [4.69, 9.17) is 5.26 Å². The summed E-state index contributed by atoms with van der Waals surface area (Å²) in [6.07, 6.45) is 4.55. The number of rotatable bonds is 6. The van der Waals surface area contributed by atoms with Gasteiger partial charge in [-0.15, -0.1) is 0 Å². The van der Waals surface area contributed by atoms with Crippen LogP contribution in [0.5, 0.6) is 0 Å². The second kappa shape index (κ2) is 9.84. The largest absolute Gasteiger partial charge is 0.334 e. The van der Waals surface area contributed by atoms with Crippen LogP contribution in [0.3, 0.4) is 0 Å². The fourth-order valence-corrected chi connectivity index (χ4v) is 4.75. The Bertz CT molecular complexity index is 1300. The standard InChI is InChI=1S/C29H26N4O/c30-18-28-31-16-15-25(32-28)9-6-12-29(34)33-19-23-14-13-22(17-24(23)20-33)27-11-5-4-10-26(27)21-7-2-1-3-8-21/h1-5,7-8,10-11,13-14,16-17,25H,6,9,12,15,19-20H2. The lowest BCUT2D eigenvalue weighted by Crippen LogP contribution is -2.25. The minimum atomic E-state index is 0.0583. The molecule has 34 heavy (non-hydrogen) atoms. The summed E-state index contributed by atoms with van der Waals surface area (Å²) in [4.78, 5) is 23.1. The number of hydrogen-bond acceptors (Lipinski definition) is 4. The third-order valence-electron chi connectivity index (χ3n) is 6.53. The maximum atomic E-state index is 12.9. The Kier molecular flexibility index (Phi) is 6.31. The van der Waals surface area contributed by atoms with Crippen LogP contribution in [-0.2, 0) is 17.9 Å². The molecule has 168 valence electrons.